The van der Waals surface area contributed by atoms with Crippen molar-refractivity contribution in [3.05, 3.63) is 95.7 Å². The lowest BCUT2D eigenvalue weighted by atomic mass is 9.87. The van der Waals surface area contributed by atoms with Gasteiger partial charge in [0, 0.05) is 40.8 Å². The van der Waals surface area contributed by atoms with Gasteiger partial charge in [0.2, 0.25) is 0 Å². The summed E-state index contributed by atoms with van der Waals surface area (Å²) >= 11 is 0. The highest BCUT2D eigenvalue weighted by atomic mass is 16.5. The molecule has 0 saturated heterocycles. The molecule has 0 atom stereocenters. The molecule has 1 aromatic heterocycles. The monoisotopic (exact) mass is 450 g/mol. The number of aromatic nitrogens is 1. The van der Waals surface area contributed by atoms with Crippen LogP contribution in [0.5, 0.6) is 5.75 Å². The molecule has 0 fully saturated rings. The third-order valence-corrected chi connectivity index (χ3v) is 6.53. The van der Waals surface area contributed by atoms with Gasteiger partial charge in [-0.05, 0) is 41.3 Å². The number of hydrogen-bond donors (Lipinski definition) is 0. The number of anilines is 1. The van der Waals surface area contributed by atoms with Gasteiger partial charge in [0.15, 0.2) is 0 Å². The summed E-state index contributed by atoms with van der Waals surface area (Å²) < 4.78 is 8.26. The number of hydrogen-bond acceptors (Lipinski definition) is 2. The molecule has 0 unspecified atom stereocenters. The number of carbonyl (C=O) groups is 1. The molecule has 2 heterocycles. The van der Waals surface area contributed by atoms with Crippen LogP contribution < -0.4 is 9.64 Å². The van der Waals surface area contributed by atoms with Crippen molar-refractivity contribution >= 4 is 34.1 Å². The molecule has 0 aliphatic carbocycles. The van der Waals surface area contributed by atoms with E-state index < -0.39 is 0 Å². The fourth-order valence-corrected chi connectivity index (χ4v) is 4.58. The van der Waals surface area contributed by atoms with Crippen LogP contribution in [0.1, 0.15) is 37.5 Å². The Balaban J connectivity index is 1.40. The molecule has 0 saturated carbocycles. The SMILES string of the molecule is CN1C(=O)/C(=C/c2cn(CCOc3ccc(C(C)(C)C)cc3)c3ccccc23)c2ccccc21. The Bertz CT molecular complexity index is 1390. The molecule has 4 nitrogen and oxygen atoms in total. The van der Waals surface area contributed by atoms with E-state index in [4.69, 9.17) is 4.74 Å². The molecule has 0 N–H and O–H groups in total. The Kier molecular flexibility index (Phi) is 5.52. The summed E-state index contributed by atoms with van der Waals surface area (Å²) in [6.07, 6.45) is 4.15. The van der Waals surface area contributed by atoms with Crippen LogP contribution in [-0.2, 0) is 16.8 Å². The van der Waals surface area contributed by atoms with Gasteiger partial charge in [-0.1, -0.05) is 69.3 Å². The highest BCUT2D eigenvalue weighted by molar-refractivity contribution is 6.36. The molecular weight excluding hydrogens is 420 g/mol. The summed E-state index contributed by atoms with van der Waals surface area (Å²) in [6, 6.07) is 24.6. The summed E-state index contributed by atoms with van der Waals surface area (Å²) in [5, 5.41) is 1.13. The van der Waals surface area contributed by atoms with Crippen molar-refractivity contribution in [2.24, 2.45) is 0 Å². The van der Waals surface area contributed by atoms with Crippen LogP contribution in [0.15, 0.2) is 79.0 Å². The lowest BCUT2D eigenvalue weighted by Gasteiger charge is -2.19. The van der Waals surface area contributed by atoms with Crippen molar-refractivity contribution < 1.29 is 9.53 Å². The quantitative estimate of drug-likeness (QED) is 0.324. The van der Waals surface area contributed by atoms with Crippen LogP contribution in [0, 0.1) is 0 Å². The van der Waals surface area contributed by atoms with Crippen molar-refractivity contribution in [2.75, 3.05) is 18.6 Å². The van der Waals surface area contributed by atoms with E-state index in [1.165, 1.54) is 5.56 Å². The lowest BCUT2D eigenvalue weighted by Crippen LogP contribution is -2.20. The topological polar surface area (TPSA) is 34.5 Å². The van der Waals surface area contributed by atoms with E-state index in [9.17, 15) is 4.79 Å². The first-order valence-electron chi connectivity index (χ1n) is 11.7. The Morgan fingerprint density at radius 2 is 1.62 bits per heavy atom. The maximum absolute atomic E-state index is 13.0. The third kappa shape index (κ3) is 4.01. The minimum absolute atomic E-state index is 0.0278. The molecule has 0 bridgehead atoms. The van der Waals surface area contributed by atoms with Gasteiger partial charge in [0.1, 0.15) is 12.4 Å². The smallest absolute Gasteiger partial charge is 0.258 e. The van der Waals surface area contributed by atoms with Gasteiger partial charge < -0.3 is 14.2 Å². The summed E-state index contributed by atoms with van der Waals surface area (Å²) in [7, 11) is 1.83. The van der Waals surface area contributed by atoms with E-state index >= 15 is 0 Å². The first-order chi connectivity index (χ1) is 16.3. The van der Waals surface area contributed by atoms with Crippen molar-refractivity contribution in [3.8, 4) is 5.75 Å². The number of fused-ring (bicyclic) bond motifs is 2. The molecule has 5 rings (SSSR count). The highest BCUT2D eigenvalue weighted by Crippen LogP contribution is 2.37. The molecule has 172 valence electrons. The van der Waals surface area contributed by atoms with E-state index in [0.29, 0.717) is 6.61 Å². The van der Waals surface area contributed by atoms with E-state index in [1.54, 1.807) is 4.90 Å². The minimum Gasteiger partial charge on any atom is -0.492 e. The lowest BCUT2D eigenvalue weighted by molar-refractivity contribution is -0.112. The van der Waals surface area contributed by atoms with Crippen LogP contribution in [-0.4, -0.2) is 24.1 Å². The maximum Gasteiger partial charge on any atom is 0.258 e. The second-order valence-electron chi connectivity index (χ2n) is 9.86. The predicted molar refractivity (Wildman–Crippen MR) is 140 cm³/mol. The van der Waals surface area contributed by atoms with Crippen molar-refractivity contribution in [3.63, 3.8) is 0 Å². The number of benzene rings is 3. The molecule has 1 aliphatic rings. The maximum atomic E-state index is 13.0. The average molecular weight is 451 g/mol. The standard InChI is InChI=1S/C30H30N2O2/c1-30(2,3)22-13-15-23(16-14-22)34-18-17-32-20-21(24-9-5-8-12-28(24)32)19-26-25-10-6-7-11-27(25)31(4)29(26)33/h5-16,19-20H,17-18H2,1-4H3/b26-19+. The first kappa shape index (κ1) is 22.0. The van der Waals surface area contributed by atoms with Gasteiger partial charge in [-0.25, -0.2) is 0 Å². The van der Waals surface area contributed by atoms with Crippen LogP contribution in [0.2, 0.25) is 0 Å². The van der Waals surface area contributed by atoms with Gasteiger partial charge in [0.25, 0.3) is 5.91 Å². The second-order valence-corrected chi connectivity index (χ2v) is 9.86. The van der Waals surface area contributed by atoms with Crippen molar-refractivity contribution in [2.45, 2.75) is 32.7 Å². The summed E-state index contributed by atoms with van der Waals surface area (Å²) in [6.45, 7) is 7.91. The van der Waals surface area contributed by atoms with Gasteiger partial charge in [-0.15, -0.1) is 0 Å². The van der Waals surface area contributed by atoms with Gasteiger partial charge in [0.05, 0.1) is 12.2 Å². The molecule has 0 radical (unpaired) electrons. The van der Waals surface area contributed by atoms with E-state index in [2.05, 4.69) is 55.8 Å². The second kappa shape index (κ2) is 8.53. The molecule has 0 spiro atoms. The molecule has 1 amide bonds. The summed E-state index contributed by atoms with van der Waals surface area (Å²) in [4.78, 5) is 14.7. The van der Waals surface area contributed by atoms with E-state index in [-0.39, 0.29) is 11.3 Å². The number of likely N-dealkylation sites (N-methyl/N-ethyl adjacent to an activating group) is 1. The number of rotatable bonds is 5. The first-order valence-corrected chi connectivity index (χ1v) is 11.7. The largest absolute Gasteiger partial charge is 0.492 e. The van der Waals surface area contributed by atoms with Gasteiger partial charge in [-0.2, -0.15) is 0 Å². The summed E-state index contributed by atoms with van der Waals surface area (Å²) in [5.41, 5.74) is 6.26. The zero-order valence-corrected chi connectivity index (χ0v) is 20.2. The number of nitrogens with zero attached hydrogens (tertiary/aromatic N) is 2. The van der Waals surface area contributed by atoms with E-state index in [1.807, 2.05) is 61.7 Å². The molecule has 3 aromatic carbocycles. The normalized spacial score (nSPS) is 14.8. The Morgan fingerprint density at radius 3 is 2.38 bits per heavy atom. The number of carbonyl (C=O) groups excluding carboxylic acids is 1. The molecule has 1 aliphatic heterocycles. The van der Waals surface area contributed by atoms with Gasteiger partial charge in [-0.3, -0.25) is 4.79 Å². The average Bonchev–Trinajstić information content (AvgIpc) is 3.30. The molecule has 4 heteroatoms. The number of para-hydroxylation sites is 2. The Hall–Kier alpha value is -3.79. The van der Waals surface area contributed by atoms with Crippen LogP contribution >= 0.6 is 0 Å². The highest BCUT2D eigenvalue weighted by Gasteiger charge is 2.29. The van der Waals surface area contributed by atoms with Gasteiger partial charge >= 0.3 is 0 Å². The Labute approximate surface area is 201 Å². The van der Waals surface area contributed by atoms with Crippen molar-refractivity contribution in [1.82, 2.24) is 4.57 Å². The van der Waals surface area contributed by atoms with Crippen LogP contribution in [0.25, 0.3) is 22.6 Å². The van der Waals surface area contributed by atoms with Crippen LogP contribution in [0.3, 0.4) is 0 Å². The fraction of sp³-hybridized carbons (Fsp3) is 0.233. The third-order valence-electron chi connectivity index (χ3n) is 6.53. The van der Waals surface area contributed by atoms with E-state index in [0.717, 1.165) is 45.6 Å². The molecule has 4 aromatic rings. The number of amides is 1. The van der Waals surface area contributed by atoms with Crippen molar-refractivity contribution in [1.29, 1.82) is 0 Å². The fourth-order valence-electron chi connectivity index (χ4n) is 4.58. The minimum atomic E-state index is 0.0278. The zero-order valence-electron chi connectivity index (χ0n) is 20.2. The predicted octanol–water partition coefficient (Wildman–Crippen LogP) is 6.53. The summed E-state index contributed by atoms with van der Waals surface area (Å²) in [5.74, 6) is 0.906. The Morgan fingerprint density at radius 1 is 0.912 bits per heavy atom. The van der Waals surface area contributed by atoms with Crippen LogP contribution in [0.4, 0.5) is 5.69 Å². The zero-order chi connectivity index (χ0) is 23.9. The molecule has 34 heavy (non-hydrogen) atoms. The number of ether oxygens (including phenoxy) is 1. The molecular formula is C30H30N2O2.